The second-order valence-corrected chi connectivity index (χ2v) is 10.3. The fourth-order valence-electron chi connectivity index (χ4n) is 4.87. The summed E-state index contributed by atoms with van der Waals surface area (Å²) < 4.78 is 4.75. The van der Waals surface area contributed by atoms with Gasteiger partial charge in [-0.05, 0) is 94.8 Å². The first-order valence-electron chi connectivity index (χ1n) is 12.4. The molecule has 5 heteroatoms. The molecule has 1 aliphatic heterocycles. The molecule has 1 aliphatic rings. The van der Waals surface area contributed by atoms with Gasteiger partial charge in [0.05, 0.1) is 0 Å². The SMILES string of the molecule is CC(C)(C)c1cc(-c2cc(-c3ccc(OC(=O)O)cc3)ccc2CCCO)ccc1N1CCCC1. The number of benzene rings is 3. The zero-order valence-electron chi connectivity index (χ0n) is 20.9. The lowest BCUT2D eigenvalue weighted by Gasteiger charge is -2.29. The highest BCUT2D eigenvalue weighted by atomic mass is 16.7. The summed E-state index contributed by atoms with van der Waals surface area (Å²) >= 11 is 0. The molecule has 0 bridgehead atoms. The highest BCUT2D eigenvalue weighted by Crippen LogP contribution is 2.39. The highest BCUT2D eigenvalue weighted by Gasteiger charge is 2.24. The van der Waals surface area contributed by atoms with E-state index in [1.54, 1.807) is 12.1 Å². The molecule has 3 aromatic carbocycles. The summed E-state index contributed by atoms with van der Waals surface area (Å²) in [5.74, 6) is 0.299. The fraction of sp³-hybridized carbons (Fsp3) is 0.367. The van der Waals surface area contributed by atoms with Crippen molar-refractivity contribution in [1.29, 1.82) is 0 Å². The summed E-state index contributed by atoms with van der Waals surface area (Å²) in [5, 5.41) is 18.3. The Morgan fingerprint density at radius 2 is 1.57 bits per heavy atom. The maximum atomic E-state index is 10.8. The van der Waals surface area contributed by atoms with Crippen LogP contribution in [0.5, 0.6) is 5.75 Å². The van der Waals surface area contributed by atoms with Crippen LogP contribution in [0.4, 0.5) is 10.5 Å². The summed E-state index contributed by atoms with van der Waals surface area (Å²) in [4.78, 5) is 13.3. The van der Waals surface area contributed by atoms with E-state index in [9.17, 15) is 9.90 Å². The van der Waals surface area contributed by atoms with Gasteiger partial charge in [-0.3, -0.25) is 0 Å². The molecule has 0 unspecified atom stereocenters. The van der Waals surface area contributed by atoms with E-state index in [-0.39, 0.29) is 12.0 Å². The number of aliphatic hydroxyl groups is 1. The lowest BCUT2D eigenvalue weighted by atomic mass is 9.82. The first-order chi connectivity index (χ1) is 16.8. The monoisotopic (exact) mass is 473 g/mol. The summed E-state index contributed by atoms with van der Waals surface area (Å²) in [6, 6.07) is 20.4. The number of ether oxygens (including phenoxy) is 1. The van der Waals surface area contributed by atoms with Crippen LogP contribution in [0.3, 0.4) is 0 Å². The molecule has 3 aromatic rings. The van der Waals surface area contributed by atoms with Crippen molar-refractivity contribution in [1.82, 2.24) is 0 Å². The van der Waals surface area contributed by atoms with Gasteiger partial charge in [0.15, 0.2) is 0 Å². The Balaban J connectivity index is 1.77. The van der Waals surface area contributed by atoms with Crippen molar-refractivity contribution in [2.24, 2.45) is 0 Å². The molecular weight excluding hydrogens is 438 g/mol. The van der Waals surface area contributed by atoms with Crippen LogP contribution in [0.25, 0.3) is 22.3 Å². The molecule has 0 radical (unpaired) electrons. The molecule has 0 amide bonds. The van der Waals surface area contributed by atoms with Crippen molar-refractivity contribution in [3.05, 3.63) is 71.8 Å². The third-order valence-corrected chi connectivity index (χ3v) is 6.67. The van der Waals surface area contributed by atoms with E-state index in [0.717, 1.165) is 30.6 Å². The third kappa shape index (κ3) is 5.85. The van der Waals surface area contributed by atoms with E-state index in [2.05, 4.69) is 62.1 Å². The number of aliphatic hydroxyl groups excluding tert-OH is 1. The van der Waals surface area contributed by atoms with Crippen LogP contribution >= 0.6 is 0 Å². The second-order valence-electron chi connectivity index (χ2n) is 10.3. The maximum absolute atomic E-state index is 10.8. The Labute approximate surface area is 208 Å². The molecule has 4 rings (SSSR count). The van der Waals surface area contributed by atoms with Crippen molar-refractivity contribution in [3.63, 3.8) is 0 Å². The van der Waals surface area contributed by atoms with Gasteiger partial charge in [0, 0.05) is 25.4 Å². The maximum Gasteiger partial charge on any atom is 0.511 e. The number of hydrogen-bond donors (Lipinski definition) is 2. The zero-order chi connectivity index (χ0) is 25.0. The van der Waals surface area contributed by atoms with E-state index in [1.165, 1.54) is 40.8 Å². The van der Waals surface area contributed by atoms with E-state index in [1.807, 2.05) is 12.1 Å². The number of aryl methyl sites for hydroxylation is 1. The van der Waals surface area contributed by atoms with Crippen LogP contribution in [-0.2, 0) is 11.8 Å². The molecule has 35 heavy (non-hydrogen) atoms. The van der Waals surface area contributed by atoms with Crippen molar-refractivity contribution in [2.45, 2.75) is 51.9 Å². The van der Waals surface area contributed by atoms with Crippen molar-refractivity contribution in [3.8, 4) is 28.0 Å². The zero-order valence-corrected chi connectivity index (χ0v) is 20.9. The molecule has 0 aliphatic carbocycles. The molecule has 5 nitrogen and oxygen atoms in total. The number of carboxylic acid groups (broad SMARTS) is 1. The van der Waals surface area contributed by atoms with E-state index >= 15 is 0 Å². The van der Waals surface area contributed by atoms with Gasteiger partial charge in [0.2, 0.25) is 0 Å². The Bertz CT molecular complexity index is 1170. The largest absolute Gasteiger partial charge is 0.511 e. The highest BCUT2D eigenvalue weighted by molar-refractivity contribution is 5.78. The summed E-state index contributed by atoms with van der Waals surface area (Å²) in [6.07, 6.45) is 2.69. The minimum Gasteiger partial charge on any atom is -0.449 e. The lowest BCUT2D eigenvalue weighted by molar-refractivity contribution is 0.144. The molecule has 0 saturated carbocycles. The average Bonchev–Trinajstić information content (AvgIpc) is 3.37. The van der Waals surface area contributed by atoms with Crippen molar-refractivity contribution in [2.75, 3.05) is 24.6 Å². The molecule has 1 heterocycles. The van der Waals surface area contributed by atoms with E-state index in [4.69, 9.17) is 9.84 Å². The van der Waals surface area contributed by atoms with Gasteiger partial charge in [-0.25, -0.2) is 4.79 Å². The minimum absolute atomic E-state index is 0.0107. The topological polar surface area (TPSA) is 70.0 Å². The van der Waals surface area contributed by atoms with Crippen molar-refractivity contribution >= 4 is 11.8 Å². The molecule has 0 spiro atoms. The minimum atomic E-state index is -1.32. The van der Waals surface area contributed by atoms with Crippen molar-refractivity contribution < 1.29 is 19.7 Å². The second kappa shape index (κ2) is 10.5. The van der Waals surface area contributed by atoms with Gasteiger partial charge >= 0.3 is 6.16 Å². The Morgan fingerprint density at radius 3 is 2.20 bits per heavy atom. The fourth-order valence-corrected chi connectivity index (χ4v) is 4.87. The van der Waals surface area contributed by atoms with Crippen LogP contribution in [0, 0.1) is 0 Å². The number of rotatable bonds is 7. The quantitative estimate of drug-likeness (QED) is 0.288. The Kier molecular flexibility index (Phi) is 7.46. The van der Waals surface area contributed by atoms with Gasteiger partial charge in [-0.15, -0.1) is 0 Å². The van der Waals surface area contributed by atoms with Gasteiger partial charge < -0.3 is 19.8 Å². The van der Waals surface area contributed by atoms with Gasteiger partial charge in [0.25, 0.3) is 0 Å². The third-order valence-electron chi connectivity index (χ3n) is 6.67. The summed E-state index contributed by atoms with van der Waals surface area (Å²) in [7, 11) is 0. The first-order valence-corrected chi connectivity index (χ1v) is 12.4. The number of hydrogen-bond acceptors (Lipinski definition) is 4. The molecule has 1 fully saturated rings. The van der Waals surface area contributed by atoms with Crippen LogP contribution < -0.4 is 9.64 Å². The van der Waals surface area contributed by atoms with E-state index < -0.39 is 6.16 Å². The summed E-state index contributed by atoms with van der Waals surface area (Å²) in [5.41, 5.74) is 8.29. The molecule has 1 saturated heterocycles. The predicted molar refractivity (Wildman–Crippen MR) is 142 cm³/mol. The summed E-state index contributed by atoms with van der Waals surface area (Å²) in [6.45, 7) is 9.20. The number of anilines is 1. The van der Waals surface area contributed by atoms with Crippen LogP contribution in [0.15, 0.2) is 60.7 Å². The molecular formula is C30H35NO4. The average molecular weight is 474 g/mol. The lowest BCUT2D eigenvalue weighted by Crippen LogP contribution is -2.23. The number of carbonyl (C=O) groups is 1. The first kappa shape index (κ1) is 24.8. The normalized spacial score (nSPS) is 13.8. The molecule has 184 valence electrons. The Morgan fingerprint density at radius 1 is 0.914 bits per heavy atom. The standard InChI is InChI=1S/C30H35NO4/c1-30(2,3)27-20-24(12-15-28(27)31-16-4-5-17-31)26-19-23(9-8-22(26)7-6-18-32)21-10-13-25(14-11-21)35-29(33)34/h8-15,19-20,32H,4-7,16-18H2,1-3H3,(H,33,34). The molecule has 0 atom stereocenters. The van der Waals surface area contributed by atoms with Crippen LogP contribution in [0.2, 0.25) is 0 Å². The number of nitrogens with zero attached hydrogens (tertiary/aromatic N) is 1. The van der Waals surface area contributed by atoms with Gasteiger partial charge in [-0.2, -0.15) is 0 Å². The molecule has 0 aromatic heterocycles. The van der Waals surface area contributed by atoms with Crippen LogP contribution in [0.1, 0.15) is 51.2 Å². The van der Waals surface area contributed by atoms with Crippen LogP contribution in [-0.4, -0.2) is 36.1 Å². The Hall–Kier alpha value is -3.31. The predicted octanol–water partition coefficient (Wildman–Crippen LogP) is 6.90. The van der Waals surface area contributed by atoms with E-state index in [0.29, 0.717) is 12.2 Å². The van der Waals surface area contributed by atoms with Gasteiger partial charge in [0.1, 0.15) is 5.75 Å². The van der Waals surface area contributed by atoms with Gasteiger partial charge in [-0.1, -0.05) is 51.1 Å². The smallest absolute Gasteiger partial charge is 0.449 e. The molecule has 2 N–H and O–H groups in total.